The van der Waals surface area contributed by atoms with Gasteiger partial charge in [0.15, 0.2) is 0 Å². The monoisotopic (exact) mass is 389 g/mol. The third-order valence-electron chi connectivity index (χ3n) is 4.88. The number of hydrogen-bond acceptors (Lipinski definition) is 5. The smallest absolute Gasteiger partial charge is 0.310 e. The summed E-state index contributed by atoms with van der Waals surface area (Å²) in [6, 6.07) is 4.02. The van der Waals surface area contributed by atoms with E-state index in [1.807, 2.05) is 37.8 Å². The summed E-state index contributed by atoms with van der Waals surface area (Å²) in [5.41, 5.74) is 3.92. The van der Waals surface area contributed by atoms with Crippen LogP contribution < -0.4 is 10.6 Å². The Balaban J connectivity index is 1.79. The molecule has 7 nitrogen and oxygen atoms in total. The van der Waals surface area contributed by atoms with Crippen LogP contribution in [0.2, 0.25) is 0 Å². The molecule has 7 heteroatoms. The van der Waals surface area contributed by atoms with E-state index in [1.165, 1.54) is 0 Å². The predicted octanol–water partition coefficient (Wildman–Crippen LogP) is 1.94. The number of aryl methyl sites for hydroxylation is 3. The van der Waals surface area contributed by atoms with E-state index < -0.39 is 0 Å². The van der Waals surface area contributed by atoms with Crippen LogP contribution in [0.25, 0.3) is 0 Å². The molecule has 28 heavy (non-hydrogen) atoms. The van der Waals surface area contributed by atoms with E-state index >= 15 is 0 Å². The molecule has 0 spiro atoms. The first-order valence-electron chi connectivity index (χ1n) is 9.83. The van der Waals surface area contributed by atoms with Crippen molar-refractivity contribution in [2.24, 2.45) is 5.92 Å². The molecule has 1 heterocycles. The van der Waals surface area contributed by atoms with Gasteiger partial charge in [-0.15, -0.1) is 0 Å². The minimum Gasteiger partial charge on any atom is -0.466 e. The molecule has 1 aromatic rings. The molecular formula is C21H31N3O4. The largest absolute Gasteiger partial charge is 0.466 e. The van der Waals surface area contributed by atoms with Gasteiger partial charge in [-0.1, -0.05) is 17.7 Å². The molecule has 1 saturated heterocycles. The molecule has 1 unspecified atom stereocenters. The summed E-state index contributed by atoms with van der Waals surface area (Å²) in [4.78, 5) is 38.2. The van der Waals surface area contributed by atoms with Crippen molar-refractivity contribution >= 4 is 23.5 Å². The van der Waals surface area contributed by atoms with Crippen LogP contribution in [0.4, 0.5) is 5.69 Å². The average Bonchev–Trinajstić information content (AvgIpc) is 2.63. The van der Waals surface area contributed by atoms with E-state index in [-0.39, 0.29) is 36.8 Å². The van der Waals surface area contributed by atoms with Gasteiger partial charge in [0.1, 0.15) is 0 Å². The number of hydrogen-bond donors (Lipinski definition) is 2. The lowest BCUT2D eigenvalue weighted by Gasteiger charge is -2.30. The molecule has 1 aromatic carbocycles. The number of carbonyl (C=O) groups excluding carboxylic acids is 3. The summed E-state index contributed by atoms with van der Waals surface area (Å²) in [6.45, 7) is 9.43. The standard InChI is InChI=1S/C21H31N3O4/c1-5-28-21(27)17-7-6-8-24(12-17)13-19(26)22-11-18(25)23-20-15(3)9-14(2)10-16(20)4/h9-10,17H,5-8,11-13H2,1-4H3,(H,22,26)(H,23,25). The maximum Gasteiger partial charge on any atom is 0.310 e. The molecule has 2 amide bonds. The number of ether oxygens (including phenoxy) is 1. The molecule has 0 aliphatic carbocycles. The highest BCUT2D eigenvalue weighted by Crippen LogP contribution is 2.21. The van der Waals surface area contributed by atoms with E-state index in [4.69, 9.17) is 4.74 Å². The van der Waals surface area contributed by atoms with Gasteiger partial charge in [-0.25, -0.2) is 0 Å². The lowest BCUT2D eigenvalue weighted by atomic mass is 9.98. The fourth-order valence-electron chi connectivity index (χ4n) is 3.65. The molecule has 1 atom stereocenters. The molecule has 0 bridgehead atoms. The van der Waals surface area contributed by atoms with Crippen LogP contribution in [0.3, 0.4) is 0 Å². The Hall–Kier alpha value is -2.41. The van der Waals surface area contributed by atoms with Gasteiger partial charge in [-0.3, -0.25) is 19.3 Å². The van der Waals surface area contributed by atoms with E-state index in [2.05, 4.69) is 10.6 Å². The van der Waals surface area contributed by atoms with Gasteiger partial charge >= 0.3 is 5.97 Å². The van der Waals surface area contributed by atoms with Crippen molar-refractivity contribution in [3.05, 3.63) is 28.8 Å². The molecule has 154 valence electrons. The zero-order valence-corrected chi connectivity index (χ0v) is 17.3. The molecule has 0 aromatic heterocycles. The number of likely N-dealkylation sites (tertiary alicyclic amines) is 1. The fourth-order valence-corrected chi connectivity index (χ4v) is 3.65. The van der Waals surface area contributed by atoms with Crippen molar-refractivity contribution in [3.63, 3.8) is 0 Å². The van der Waals surface area contributed by atoms with Gasteiger partial charge in [0.25, 0.3) is 0 Å². The van der Waals surface area contributed by atoms with E-state index in [1.54, 1.807) is 6.92 Å². The number of nitrogens with one attached hydrogen (secondary N) is 2. The average molecular weight is 389 g/mol. The molecule has 2 N–H and O–H groups in total. The third-order valence-corrected chi connectivity index (χ3v) is 4.88. The molecule has 1 aliphatic heterocycles. The van der Waals surface area contributed by atoms with Crippen LogP contribution in [0.1, 0.15) is 36.5 Å². The summed E-state index contributed by atoms with van der Waals surface area (Å²) < 4.78 is 5.08. The second-order valence-corrected chi connectivity index (χ2v) is 7.42. The number of nitrogens with zero attached hydrogens (tertiary/aromatic N) is 1. The predicted molar refractivity (Wildman–Crippen MR) is 108 cm³/mol. The Labute approximate surface area is 166 Å². The first-order chi connectivity index (χ1) is 13.3. The molecule has 0 radical (unpaired) electrons. The minimum atomic E-state index is -0.258. The van der Waals surface area contributed by atoms with Crippen molar-refractivity contribution in [3.8, 4) is 0 Å². The molecule has 2 rings (SSSR count). The first-order valence-corrected chi connectivity index (χ1v) is 9.83. The highest BCUT2D eigenvalue weighted by Gasteiger charge is 2.27. The van der Waals surface area contributed by atoms with Crippen LogP contribution in [0.15, 0.2) is 12.1 Å². The number of esters is 1. The lowest BCUT2D eigenvalue weighted by molar-refractivity contribution is -0.150. The van der Waals surface area contributed by atoms with Gasteiger partial charge in [0.05, 0.1) is 25.6 Å². The Kier molecular flexibility index (Phi) is 7.99. The summed E-state index contributed by atoms with van der Waals surface area (Å²) >= 11 is 0. The second kappa shape index (κ2) is 10.2. The summed E-state index contributed by atoms with van der Waals surface area (Å²) in [7, 11) is 0. The highest BCUT2D eigenvalue weighted by atomic mass is 16.5. The SMILES string of the molecule is CCOC(=O)C1CCCN(CC(=O)NCC(=O)Nc2c(C)cc(C)cc2C)C1. The zero-order chi connectivity index (χ0) is 20.7. The number of amides is 2. The van der Waals surface area contributed by atoms with Crippen LogP contribution in [-0.2, 0) is 19.1 Å². The van der Waals surface area contributed by atoms with Gasteiger partial charge in [-0.05, 0) is 58.2 Å². The Morgan fingerprint density at radius 1 is 1.14 bits per heavy atom. The van der Waals surface area contributed by atoms with Crippen molar-refractivity contribution < 1.29 is 19.1 Å². The molecular weight excluding hydrogens is 358 g/mol. The zero-order valence-electron chi connectivity index (χ0n) is 17.3. The number of carbonyl (C=O) groups is 3. The van der Waals surface area contributed by atoms with Gasteiger partial charge in [-0.2, -0.15) is 0 Å². The van der Waals surface area contributed by atoms with Crippen LogP contribution in [0, 0.1) is 26.7 Å². The van der Waals surface area contributed by atoms with Gasteiger partial charge in [0, 0.05) is 12.2 Å². The minimum absolute atomic E-state index is 0.0826. The maximum absolute atomic E-state index is 12.2. The maximum atomic E-state index is 12.2. The lowest BCUT2D eigenvalue weighted by Crippen LogP contribution is -2.45. The summed E-state index contributed by atoms with van der Waals surface area (Å²) in [6.07, 6.45) is 1.64. The quantitative estimate of drug-likeness (QED) is 0.696. The Morgan fingerprint density at radius 3 is 2.46 bits per heavy atom. The summed E-state index contributed by atoms with van der Waals surface area (Å²) in [5, 5.41) is 5.53. The highest BCUT2D eigenvalue weighted by molar-refractivity contribution is 5.96. The fraction of sp³-hybridized carbons (Fsp3) is 0.571. The van der Waals surface area contributed by atoms with E-state index in [9.17, 15) is 14.4 Å². The summed E-state index contributed by atoms with van der Waals surface area (Å²) in [5.74, 6) is -0.864. The number of anilines is 1. The van der Waals surface area contributed by atoms with E-state index in [0.29, 0.717) is 13.2 Å². The van der Waals surface area contributed by atoms with Crippen molar-refractivity contribution in [2.45, 2.75) is 40.5 Å². The Bertz CT molecular complexity index is 709. The van der Waals surface area contributed by atoms with Crippen molar-refractivity contribution in [2.75, 3.05) is 38.1 Å². The molecule has 1 aliphatic rings. The molecule has 1 fully saturated rings. The van der Waals surface area contributed by atoms with Crippen LogP contribution in [-0.4, -0.2) is 55.5 Å². The van der Waals surface area contributed by atoms with Crippen LogP contribution >= 0.6 is 0 Å². The Morgan fingerprint density at radius 2 is 1.82 bits per heavy atom. The van der Waals surface area contributed by atoms with E-state index in [0.717, 1.165) is 41.8 Å². The first kappa shape index (κ1) is 21.9. The van der Waals surface area contributed by atoms with Gasteiger partial charge in [0.2, 0.25) is 11.8 Å². The molecule has 0 saturated carbocycles. The van der Waals surface area contributed by atoms with Gasteiger partial charge < -0.3 is 15.4 Å². The normalized spacial score (nSPS) is 17.1. The van der Waals surface area contributed by atoms with Crippen LogP contribution in [0.5, 0.6) is 0 Å². The number of benzene rings is 1. The third kappa shape index (κ3) is 6.34. The second-order valence-electron chi connectivity index (χ2n) is 7.42. The number of rotatable bonds is 7. The number of piperidine rings is 1. The van der Waals surface area contributed by atoms with Crippen molar-refractivity contribution in [1.29, 1.82) is 0 Å². The van der Waals surface area contributed by atoms with Crippen molar-refractivity contribution in [1.82, 2.24) is 10.2 Å². The topological polar surface area (TPSA) is 87.7 Å².